The van der Waals surface area contributed by atoms with Gasteiger partial charge < -0.3 is 19.1 Å². The SMILES string of the molecule is COc1ccc(/C(C)=N/Nc2nc3c(c(=O)[nH]c(=O)n3C)n2CC(O)COc2ccccc2C)cc1. The molecule has 0 aliphatic rings. The Morgan fingerprint density at radius 1 is 1.19 bits per heavy atom. The maximum absolute atomic E-state index is 12.7. The molecule has 0 aliphatic heterocycles. The van der Waals surface area contributed by atoms with Crippen LogP contribution in [0.25, 0.3) is 11.2 Å². The number of aromatic amines is 1. The Morgan fingerprint density at radius 2 is 1.92 bits per heavy atom. The molecule has 0 saturated heterocycles. The fraction of sp³-hybridized carbons (Fsp3) is 0.280. The number of anilines is 1. The lowest BCUT2D eigenvalue weighted by molar-refractivity contribution is 0.0935. The minimum absolute atomic E-state index is 0.0121. The van der Waals surface area contributed by atoms with Crippen LogP contribution in [-0.4, -0.2) is 49.7 Å². The van der Waals surface area contributed by atoms with Gasteiger partial charge in [-0.25, -0.2) is 10.2 Å². The lowest BCUT2D eigenvalue weighted by Gasteiger charge is -2.16. The van der Waals surface area contributed by atoms with Gasteiger partial charge in [0.1, 0.15) is 24.2 Å². The zero-order valence-corrected chi connectivity index (χ0v) is 20.5. The highest BCUT2D eigenvalue weighted by atomic mass is 16.5. The van der Waals surface area contributed by atoms with Gasteiger partial charge in [-0.1, -0.05) is 18.2 Å². The van der Waals surface area contributed by atoms with Crippen molar-refractivity contribution in [3.05, 3.63) is 80.5 Å². The summed E-state index contributed by atoms with van der Waals surface area (Å²) in [4.78, 5) is 31.5. The number of rotatable bonds is 9. The minimum Gasteiger partial charge on any atom is -0.497 e. The van der Waals surface area contributed by atoms with Gasteiger partial charge >= 0.3 is 5.69 Å². The van der Waals surface area contributed by atoms with Gasteiger partial charge in [-0.3, -0.25) is 14.3 Å². The molecule has 36 heavy (non-hydrogen) atoms. The molecule has 4 rings (SSSR count). The molecule has 188 valence electrons. The Morgan fingerprint density at radius 3 is 2.61 bits per heavy atom. The molecule has 0 saturated carbocycles. The fourth-order valence-corrected chi connectivity index (χ4v) is 3.70. The summed E-state index contributed by atoms with van der Waals surface area (Å²) in [5.74, 6) is 1.58. The van der Waals surface area contributed by atoms with Gasteiger partial charge in [0, 0.05) is 7.05 Å². The van der Waals surface area contributed by atoms with E-state index in [-0.39, 0.29) is 30.3 Å². The minimum atomic E-state index is -0.981. The van der Waals surface area contributed by atoms with Gasteiger partial charge in [0.2, 0.25) is 5.95 Å². The summed E-state index contributed by atoms with van der Waals surface area (Å²) >= 11 is 0. The van der Waals surface area contributed by atoms with Gasteiger partial charge in [0.15, 0.2) is 11.2 Å². The average molecular weight is 493 g/mol. The molecule has 1 atom stereocenters. The zero-order chi connectivity index (χ0) is 25.8. The van der Waals surface area contributed by atoms with Crippen LogP contribution in [0.2, 0.25) is 0 Å². The first-order valence-corrected chi connectivity index (χ1v) is 11.3. The van der Waals surface area contributed by atoms with E-state index in [4.69, 9.17) is 9.47 Å². The van der Waals surface area contributed by atoms with Crippen molar-refractivity contribution < 1.29 is 14.6 Å². The Kier molecular flexibility index (Phi) is 7.20. The number of imidazole rings is 1. The highest BCUT2D eigenvalue weighted by molar-refractivity contribution is 5.99. The molecule has 3 N–H and O–H groups in total. The van der Waals surface area contributed by atoms with Crippen molar-refractivity contribution in [3.8, 4) is 11.5 Å². The third kappa shape index (κ3) is 5.15. The molecule has 0 radical (unpaired) electrons. The van der Waals surface area contributed by atoms with E-state index in [0.29, 0.717) is 11.5 Å². The number of H-pyrrole nitrogens is 1. The summed E-state index contributed by atoms with van der Waals surface area (Å²) in [6, 6.07) is 14.9. The number of aliphatic hydroxyl groups excluding tert-OH is 1. The van der Waals surface area contributed by atoms with Crippen LogP contribution in [-0.2, 0) is 13.6 Å². The Balaban J connectivity index is 1.64. The van der Waals surface area contributed by atoms with Crippen molar-refractivity contribution in [1.29, 1.82) is 0 Å². The van der Waals surface area contributed by atoms with Gasteiger partial charge in [0.25, 0.3) is 5.56 Å². The molecule has 2 heterocycles. The van der Waals surface area contributed by atoms with E-state index in [1.807, 2.05) is 62.4 Å². The second-order valence-electron chi connectivity index (χ2n) is 8.30. The number of ether oxygens (including phenoxy) is 2. The molecule has 0 aliphatic carbocycles. The highest BCUT2D eigenvalue weighted by Crippen LogP contribution is 2.19. The van der Waals surface area contributed by atoms with Crippen LogP contribution >= 0.6 is 0 Å². The fourth-order valence-electron chi connectivity index (χ4n) is 3.70. The normalized spacial score (nSPS) is 12.5. The highest BCUT2D eigenvalue weighted by Gasteiger charge is 2.20. The number of methoxy groups -OCH3 is 1. The predicted octanol–water partition coefficient (Wildman–Crippen LogP) is 2.02. The molecule has 4 aromatic rings. The standard InChI is InChI=1S/C25H28N6O5/c1-15-7-5-6-8-20(15)36-14-18(32)13-31-21-22(30(3)25(34)27-23(21)33)26-24(31)29-28-16(2)17-9-11-19(35-4)12-10-17/h5-12,18,32H,13-14H2,1-4H3,(H,26,29)(H,27,33,34)/b28-16+. The zero-order valence-electron chi connectivity index (χ0n) is 20.5. The number of hydrogen-bond donors (Lipinski definition) is 3. The van der Waals surface area contributed by atoms with E-state index in [1.165, 1.54) is 16.2 Å². The number of aromatic nitrogens is 4. The van der Waals surface area contributed by atoms with Gasteiger partial charge in [-0.05, 0) is 55.3 Å². The molecule has 1 unspecified atom stereocenters. The van der Waals surface area contributed by atoms with Crippen molar-refractivity contribution in [2.75, 3.05) is 19.1 Å². The molecular formula is C25H28N6O5. The van der Waals surface area contributed by atoms with Crippen LogP contribution in [0.15, 0.2) is 63.2 Å². The maximum atomic E-state index is 12.7. The summed E-state index contributed by atoms with van der Waals surface area (Å²) < 4.78 is 13.7. The third-order valence-electron chi connectivity index (χ3n) is 5.76. The van der Waals surface area contributed by atoms with Crippen LogP contribution in [0.5, 0.6) is 11.5 Å². The first kappa shape index (κ1) is 24.7. The quantitative estimate of drug-likeness (QED) is 0.240. The Labute approximate surface area is 206 Å². The number of benzene rings is 2. The summed E-state index contributed by atoms with van der Waals surface area (Å²) in [6.07, 6.45) is -0.981. The lowest BCUT2D eigenvalue weighted by Crippen LogP contribution is -2.30. The summed E-state index contributed by atoms with van der Waals surface area (Å²) in [5.41, 5.74) is 4.41. The summed E-state index contributed by atoms with van der Waals surface area (Å²) in [7, 11) is 3.10. The molecule has 11 heteroatoms. The van der Waals surface area contributed by atoms with Crippen molar-refractivity contribution in [2.45, 2.75) is 26.5 Å². The van der Waals surface area contributed by atoms with Gasteiger partial charge in [0.05, 0.1) is 19.4 Å². The molecule has 0 amide bonds. The number of nitrogens with zero attached hydrogens (tertiary/aromatic N) is 4. The third-order valence-corrected chi connectivity index (χ3v) is 5.76. The van der Waals surface area contributed by atoms with E-state index in [2.05, 4.69) is 20.5 Å². The number of aliphatic hydroxyl groups is 1. The van der Waals surface area contributed by atoms with Crippen LogP contribution in [0.3, 0.4) is 0 Å². The van der Waals surface area contributed by atoms with Crippen LogP contribution < -0.4 is 26.1 Å². The predicted molar refractivity (Wildman–Crippen MR) is 137 cm³/mol. The Hall–Kier alpha value is -4.38. The molecule has 0 spiro atoms. The van der Waals surface area contributed by atoms with Crippen molar-refractivity contribution in [3.63, 3.8) is 0 Å². The number of hydrazone groups is 1. The number of aryl methyl sites for hydroxylation is 2. The summed E-state index contributed by atoms with van der Waals surface area (Å²) in [5, 5.41) is 15.1. The molecule has 0 fully saturated rings. The molecular weight excluding hydrogens is 464 g/mol. The van der Waals surface area contributed by atoms with Crippen molar-refractivity contribution in [1.82, 2.24) is 19.1 Å². The second-order valence-corrected chi connectivity index (χ2v) is 8.30. The lowest BCUT2D eigenvalue weighted by atomic mass is 10.1. The van der Waals surface area contributed by atoms with E-state index < -0.39 is 17.4 Å². The van der Waals surface area contributed by atoms with E-state index in [0.717, 1.165) is 16.9 Å². The Bertz CT molecular complexity index is 1520. The van der Waals surface area contributed by atoms with Gasteiger partial charge in [-0.2, -0.15) is 10.1 Å². The first-order chi connectivity index (χ1) is 17.3. The number of para-hydroxylation sites is 1. The maximum Gasteiger partial charge on any atom is 0.329 e. The van der Waals surface area contributed by atoms with E-state index >= 15 is 0 Å². The molecule has 2 aromatic heterocycles. The van der Waals surface area contributed by atoms with E-state index in [1.54, 1.807) is 7.11 Å². The largest absolute Gasteiger partial charge is 0.497 e. The molecule has 11 nitrogen and oxygen atoms in total. The summed E-state index contributed by atoms with van der Waals surface area (Å²) in [6.45, 7) is 3.69. The first-order valence-electron chi connectivity index (χ1n) is 11.3. The van der Waals surface area contributed by atoms with Crippen LogP contribution in [0.4, 0.5) is 5.95 Å². The van der Waals surface area contributed by atoms with E-state index in [9.17, 15) is 14.7 Å². The molecule has 2 aromatic carbocycles. The number of hydrogen-bond acceptors (Lipinski definition) is 8. The second kappa shape index (κ2) is 10.5. The van der Waals surface area contributed by atoms with Crippen LogP contribution in [0.1, 0.15) is 18.1 Å². The topological polar surface area (TPSA) is 136 Å². The van der Waals surface area contributed by atoms with Gasteiger partial charge in [-0.15, -0.1) is 0 Å². The molecule has 0 bridgehead atoms. The number of fused-ring (bicyclic) bond motifs is 1. The number of nitrogens with one attached hydrogen (secondary N) is 2. The van der Waals surface area contributed by atoms with Crippen molar-refractivity contribution >= 4 is 22.8 Å². The monoisotopic (exact) mass is 492 g/mol. The average Bonchev–Trinajstić information content (AvgIpc) is 3.24. The van der Waals surface area contributed by atoms with Crippen molar-refractivity contribution in [2.24, 2.45) is 12.1 Å². The van der Waals surface area contributed by atoms with Crippen LogP contribution in [0, 0.1) is 6.92 Å². The smallest absolute Gasteiger partial charge is 0.329 e.